The van der Waals surface area contributed by atoms with Gasteiger partial charge in [-0.15, -0.1) is 22.7 Å². The van der Waals surface area contributed by atoms with Crippen molar-refractivity contribution < 1.29 is 14.3 Å². The van der Waals surface area contributed by atoms with E-state index in [1.165, 1.54) is 11.3 Å². The average Bonchev–Trinajstić information content (AvgIpc) is 3.51. The maximum atomic E-state index is 12.6. The van der Waals surface area contributed by atoms with Crippen LogP contribution < -0.4 is 14.8 Å². The largest absolute Gasteiger partial charge is 0.493 e. The molecule has 0 aliphatic heterocycles. The number of carbonyl (C=O) groups excluding carboxylic acids is 1. The van der Waals surface area contributed by atoms with Gasteiger partial charge in [-0.1, -0.05) is 12.1 Å². The third kappa shape index (κ3) is 4.61. The van der Waals surface area contributed by atoms with E-state index in [9.17, 15) is 4.79 Å². The number of thiazole rings is 2. The third-order valence-electron chi connectivity index (χ3n) is 5.10. The number of para-hydroxylation sites is 1. The molecule has 0 saturated heterocycles. The summed E-state index contributed by atoms with van der Waals surface area (Å²) in [6, 6.07) is 17.3. The maximum absolute atomic E-state index is 12.6. The lowest BCUT2D eigenvalue weighted by molar-refractivity contribution is -0.115. The van der Waals surface area contributed by atoms with Gasteiger partial charge in [0.15, 0.2) is 11.5 Å². The highest BCUT2D eigenvalue weighted by Gasteiger charge is 2.13. The topological polar surface area (TPSA) is 86.2 Å². The molecule has 2 aromatic carbocycles. The van der Waals surface area contributed by atoms with Gasteiger partial charge in [-0.05, 0) is 42.5 Å². The molecule has 3 aromatic heterocycles. The Morgan fingerprint density at radius 1 is 0.941 bits per heavy atom. The molecule has 0 atom stereocenters. The van der Waals surface area contributed by atoms with Crippen LogP contribution >= 0.6 is 22.7 Å². The summed E-state index contributed by atoms with van der Waals surface area (Å²) in [4.78, 5) is 26.2. The summed E-state index contributed by atoms with van der Waals surface area (Å²) in [5.41, 5.74) is 3.48. The number of nitrogens with one attached hydrogen (secondary N) is 1. The van der Waals surface area contributed by atoms with Crippen LogP contribution in [-0.4, -0.2) is 35.1 Å². The van der Waals surface area contributed by atoms with Crippen molar-refractivity contribution in [3.05, 3.63) is 71.9 Å². The third-order valence-corrected chi connectivity index (χ3v) is 7.12. The number of hydrogen-bond donors (Lipinski definition) is 1. The Labute approximate surface area is 204 Å². The van der Waals surface area contributed by atoms with Crippen molar-refractivity contribution >= 4 is 44.6 Å². The zero-order chi connectivity index (χ0) is 23.5. The Morgan fingerprint density at radius 3 is 2.53 bits per heavy atom. The van der Waals surface area contributed by atoms with Crippen molar-refractivity contribution in [1.82, 2.24) is 15.0 Å². The maximum Gasteiger partial charge on any atom is 0.231 e. The predicted octanol–water partition coefficient (Wildman–Crippen LogP) is 5.68. The van der Waals surface area contributed by atoms with Crippen LogP contribution in [0.3, 0.4) is 0 Å². The number of anilines is 1. The second kappa shape index (κ2) is 9.58. The van der Waals surface area contributed by atoms with E-state index < -0.39 is 0 Å². The van der Waals surface area contributed by atoms with Gasteiger partial charge < -0.3 is 14.8 Å². The van der Waals surface area contributed by atoms with Crippen LogP contribution in [0, 0.1) is 0 Å². The zero-order valence-electron chi connectivity index (χ0n) is 18.4. The molecule has 7 nitrogen and oxygen atoms in total. The number of amides is 1. The highest BCUT2D eigenvalue weighted by molar-refractivity contribution is 7.21. The molecule has 34 heavy (non-hydrogen) atoms. The molecule has 5 rings (SSSR count). The highest BCUT2D eigenvalue weighted by Crippen LogP contribution is 2.34. The number of rotatable bonds is 7. The fourth-order valence-electron chi connectivity index (χ4n) is 3.43. The Kier molecular flexibility index (Phi) is 6.20. The summed E-state index contributed by atoms with van der Waals surface area (Å²) in [6.45, 7) is 0. The lowest BCUT2D eigenvalue weighted by Crippen LogP contribution is -2.15. The number of fused-ring (bicyclic) bond motifs is 1. The van der Waals surface area contributed by atoms with E-state index >= 15 is 0 Å². The number of benzene rings is 2. The second-order valence-corrected chi connectivity index (χ2v) is 9.25. The standard InChI is InChI=1S/C25H20N4O3S2/c1-31-19-9-7-15(11-20(19)32-2)24-27-17(14-33-24)12-23(30)29-22-10-8-16(13-26-22)25-28-18-5-3-4-6-21(18)34-25/h3-11,13-14H,12H2,1-2H3,(H,26,29,30). The SMILES string of the molecule is COc1ccc(-c2nc(CC(=O)Nc3ccc(-c4nc5ccccc5s4)cn3)cs2)cc1OC. The Bertz CT molecular complexity index is 1430. The molecule has 1 amide bonds. The first kappa shape index (κ1) is 22.0. The van der Waals surface area contributed by atoms with Crippen molar-refractivity contribution in [3.8, 4) is 32.6 Å². The van der Waals surface area contributed by atoms with E-state index in [1.807, 2.05) is 53.9 Å². The molecule has 170 valence electrons. The van der Waals surface area contributed by atoms with Crippen molar-refractivity contribution in [2.24, 2.45) is 0 Å². The summed E-state index contributed by atoms with van der Waals surface area (Å²) in [7, 11) is 3.19. The van der Waals surface area contributed by atoms with Gasteiger partial charge in [-0.25, -0.2) is 15.0 Å². The minimum absolute atomic E-state index is 0.158. The Hall–Kier alpha value is -3.82. The Balaban J connectivity index is 1.24. The lowest BCUT2D eigenvalue weighted by Gasteiger charge is -2.08. The molecule has 0 radical (unpaired) electrons. The number of ether oxygens (including phenoxy) is 2. The first-order valence-corrected chi connectivity index (χ1v) is 12.1. The van der Waals surface area contributed by atoms with Crippen molar-refractivity contribution in [1.29, 1.82) is 0 Å². The minimum atomic E-state index is -0.176. The molecule has 0 aliphatic rings. The zero-order valence-corrected chi connectivity index (χ0v) is 20.1. The predicted molar refractivity (Wildman–Crippen MR) is 136 cm³/mol. The molecule has 1 N–H and O–H groups in total. The summed E-state index contributed by atoms with van der Waals surface area (Å²) in [6.07, 6.45) is 1.89. The number of nitrogens with zero attached hydrogens (tertiary/aromatic N) is 3. The van der Waals surface area contributed by atoms with Gasteiger partial charge in [0.05, 0.1) is 36.6 Å². The number of pyridine rings is 1. The van der Waals surface area contributed by atoms with Crippen LogP contribution in [0.4, 0.5) is 5.82 Å². The first-order chi connectivity index (χ1) is 16.6. The van der Waals surface area contributed by atoms with Gasteiger partial charge in [0.1, 0.15) is 15.8 Å². The second-order valence-electron chi connectivity index (χ2n) is 7.36. The van der Waals surface area contributed by atoms with E-state index in [2.05, 4.69) is 20.3 Å². The molecule has 0 unspecified atom stereocenters. The van der Waals surface area contributed by atoms with Gasteiger partial charge >= 0.3 is 0 Å². The van der Waals surface area contributed by atoms with E-state index in [0.717, 1.165) is 31.4 Å². The molecule has 0 aliphatic carbocycles. The van der Waals surface area contributed by atoms with Gasteiger partial charge in [-0.2, -0.15) is 0 Å². The average molecular weight is 489 g/mol. The van der Waals surface area contributed by atoms with Crippen molar-refractivity contribution in [2.45, 2.75) is 6.42 Å². The fraction of sp³-hybridized carbons (Fsp3) is 0.120. The van der Waals surface area contributed by atoms with Crippen LogP contribution in [-0.2, 0) is 11.2 Å². The smallest absolute Gasteiger partial charge is 0.231 e. The lowest BCUT2D eigenvalue weighted by atomic mass is 10.2. The van der Waals surface area contributed by atoms with Crippen LogP contribution in [0.5, 0.6) is 11.5 Å². The number of aromatic nitrogens is 3. The number of methoxy groups -OCH3 is 2. The summed E-state index contributed by atoms with van der Waals surface area (Å²) >= 11 is 3.09. The van der Waals surface area contributed by atoms with E-state index in [-0.39, 0.29) is 12.3 Å². The van der Waals surface area contributed by atoms with Crippen molar-refractivity contribution in [3.63, 3.8) is 0 Å². The highest BCUT2D eigenvalue weighted by atomic mass is 32.1. The summed E-state index contributed by atoms with van der Waals surface area (Å²) < 4.78 is 11.8. The molecular weight excluding hydrogens is 468 g/mol. The van der Waals surface area contributed by atoms with Crippen LogP contribution in [0.15, 0.2) is 66.2 Å². The summed E-state index contributed by atoms with van der Waals surface area (Å²) in [5.74, 6) is 1.61. The van der Waals surface area contributed by atoms with E-state index in [1.54, 1.807) is 37.8 Å². The molecular formula is C25H20N4O3S2. The molecule has 9 heteroatoms. The Morgan fingerprint density at radius 2 is 1.76 bits per heavy atom. The number of carbonyl (C=O) groups is 1. The monoisotopic (exact) mass is 488 g/mol. The van der Waals surface area contributed by atoms with Gasteiger partial charge in [0.2, 0.25) is 5.91 Å². The molecule has 0 spiro atoms. The van der Waals surface area contributed by atoms with Gasteiger partial charge in [0.25, 0.3) is 0 Å². The molecule has 0 fully saturated rings. The van der Waals surface area contributed by atoms with Crippen molar-refractivity contribution in [2.75, 3.05) is 19.5 Å². The minimum Gasteiger partial charge on any atom is -0.493 e. The van der Waals surface area contributed by atoms with E-state index in [0.29, 0.717) is 23.0 Å². The van der Waals surface area contributed by atoms with Crippen LogP contribution in [0.1, 0.15) is 5.69 Å². The normalized spacial score (nSPS) is 10.9. The molecule has 0 saturated carbocycles. The number of hydrogen-bond acceptors (Lipinski definition) is 8. The summed E-state index contributed by atoms with van der Waals surface area (Å²) in [5, 5.41) is 6.43. The van der Waals surface area contributed by atoms with Crippen LogP contribution in [0.25, 0.3) is 31.4 Å². The van der Waals surface area contributed by atoms with Gasteiger partial charge in [-0.3, -0.25) is 4.79 Å². The van der Waals surface area contributed by atoms with Crippen LogP contribution in [0.2, 0.25) is 0 Å². The van der Waals surface area contributed by atoms with E-state index in [4.69, 9.17) is 9.47 Å². The quantitative estimate of drug-likeness (QED) is 0.317. The molecule has 0 bridgehead atoms. The first-order valence-electron chi connectivity index (χ1n) is 10.4. The fourth-order valence-corrected chi connectivity index (χ4v) is 5.20. The van der Waals surface area contributed by atoms with Gasteiger partial charge in [0, 0.05) is 22.7 Å². The molecule has 3 heterocycles. The molecule has 5 aromatic rings.